The van der Waals surface area contributed by atoms with Gasteiger partial charge in [-0.3, -0.25) is 0 Å². The fourth-order valence-electron chi connectivity index (χ4n) is 1.25. The lowest BCUT2D eigenvalue weighted by Crippen LogP contribution is -2.09. The van der Waals surface area contributed by atoms with Crippen molar-refractivity contribution in [3.63, 3.8) is 0 Å². The Hall–Kier alpha value is -0.360. The van der Waals surface area contributed by atoms with E-state index in [1.54, 1.807) is 12.1 Å². The number of rotatable bonds is 6. The van der Waals surface area contributed by atoms with Gasteiger partial charge in [-0.1, -0.05) is 15.9 Å². The minimum absolute atomic E-state index is 0.317. The molecule has 1 rings (SSSR count). The van der Waals surface area contributed by atoms with Gasteiger partial charge in [0, 0.05) is 5.33 Å². The Morgan fingerprint density at radius 2 is 2.00 bits per heavy atom. The average molecular weight is 374 g/mol. The Balaban J connectivity index is 2.98. The van der Waals surface area contributed by atoms with E-state index in [0.717, 1.165) is 5.56 Å². The average Bonchev–Trinajstić information content (AvgIpc) is 2.27. The van der Waals surface area contributed by atoms with Crippen molar-refractivity contribution in [2.75, 3.05) is 13.2 Å². The highest BCUT2D eigenvalue weighted by Gasteiger charge is 2.14. The molecular formula is C11H12Br2F2O2. The van der Waals surface area contributed by atoms with Gasteiger partial charge >= 0.3 is 0 Å². The van der Waals surface area contributed by atoms with Gasteiger partial charge in [0.15, 0.2) is 11.5 Å². The molecule has 6 heteroatoms. The summed E-state index contributed by atoms with van der Waals surface area (Å²) in [7, 11) is 0. The number of hydrogen-bond donors (Lipinski definition) is 0. The molecule has 0 fully saturated rings. The van der Waals surface area contributed by atoms with E-state index in [0.29, 0.717) is 27.9 Å². The second-order valence-electron chi connectivity index (χ2n) is 3.17. The van der Waals surface area contributed by atoms with Gasteiger partial charge in [0.25, 0.3) is 6.43 Å². The maximum atomic E-state index is 12.1. The number of benzene rings is 1. The molecule has 1 aromatic carbocycles. The third-order valence-corrected chi connectivity index (χ3v) is 3.11. The summed E-state index contributed by atoms with van der Waals surface area (Å²) in [5, 5.41) is 0.654. The Kier molecular flexibility index (Phi) is 6.19. The standard InChI is InChI=1S/C11H12Br2F2O2/c1-2-16-9-4-7(5-12)3-8(13)11(9)17-6-10(14)15/h3-4,10H,2,5-6H2,1H3. The molecule has 0 N–H and O–H groups in total. The van der Waals surface area contributed by atoms with Crippen molar-refractivity contribution in [2.24, 2.45) is 0 Å². The van der Waals surface area contributed by atoms with Crippen LogP contribution in [0.5, 0.6) is 11.5 Å². The van der Waals surface area contributed by atoms with Gasteiger partial charge in [-0.05, 0) is 40.5 Å². The van der Waals surface area contributed by atoms with Gasteiger partial charge in [-0.15, -0.1) is 0 Å². The molecule has 1 aromatic rings. The maximum absolute atomic E-state index is 12.1. The number of alkyl halides is 3. The fraction of sp³-hybridized carbons (Fsp3) is 0.455. The molecule has 0 spiro atoms. The Morgan fingerprint density at radius 1 is 1.29 bits per heavy atom. The molecule has 0 atom stereocenters. The van der Waals surface area contributed by atoms with Crippen LogP contribution in [0.3, 0.4) is 0 Å². The first-order chi connectivity index (χ1) is 8.08. The predicted molar refractivity (Wildman–Crippen MR) is 69.4 cm³/mol. The minimum Gasteiger partial charge on any atom is -0.490 e. The van der Waals surface area contributed by atoms with Gasteiger partial charge in [0.1, 0.15) is 6.61 Å². The Morgan fingerprint density at radius 3 is 2.53 bits per heavy atom. The smallest absolute Gasteiger partial charge is 0.272 e. The number of ether oxygens (including phenoxy) is 2. The van der Waals surface area contributed by atoms with Crippen LogP contribution in [0.4, 0.5) is 8.78 Å². The van der Waals surface area contributed by atoms with E-state index in [1.165, 1.54) is 0 Å². The largest absolute Gasteiger partial charge is 0.490 e. The predicted octanol–water partition coefficient (Wildman–Crippen LogP) is 4.39. The number of halogens is 4. The summed E-state index contributed by atoms with van der Waals surface area (Å²) in [6.07, 6.45) is -2.51. The van der Waals surface area contributed by atoms with E-state index in [-0.39, 0.29) is 0 Å². The van der Waals surface area contributed by atoms with Crippen LogP contribution in [-0.2, 0) is 5.33 Å². The molecule has 0 amide bonds. The molecule has 0 saturated carbocycles. The SMILES string of the molecule is CCOc1cc(CBr)cc(Br)c1OCC(F)F. The quantitative estimate of drug-likeness (QED) is 0.688. The second-order valence-corrected chi connectivity index (χ2v) is 4.59. The second kappa shape index (κ2) is 7.16. The van der Waals surface area contributed by atoms with Crippen LogP contribution in [0.2, 0.25) is 0 Å². The van der Waals surface area contributed by atoms with Crippen molar-refractivity contribution >= 4 is 31.9 Å². The highest BCUT2D eigenvalue weighted by atomic mass is 79.9. The van der Waals surface area contributed by atoms with Gasteiger partial charge in [0.05, 0.1) is 11.1 Å². The molecule has 0 aliphatic rings. The van der Waals surface area contributed by atoms with Crippen LogP contribution >= 0.6 is 31.9 Å². The molecule has 0 heterocycles. The third kappa shape index (κ3) is 4.43. The topological polar surface area (TPSA) is 18.5 Å². The molecule has 0 aliphatic heterocycles. The summed E-state index contributed by atoms with van der Waals surface area (Å²) in [5.74, 6) is 0.786. The maximum Gasteiger partial charge on any atom is 0.272 e. The molecule has 17 heavy (non-hydrogen) atoms. The molecule has 0 bridgehead atoms. The molecule has 2 nitrogen and oxygen atoms in total. The zero-order valence-electron chi connectivity index (χ0n) is 9.18. The van der Waals surface area contributed by atoms with Crippen LogP contribution in [0.1, 0.15) is 12.5 Å². The lowest BCUT2D eigenvalue weighted by molar-refractivity contribution is 0.0797. The zero-order valence-corrected chi connectivity index (χ0v) is 12.4. The van der Waals surface area contributed by atoms with Gasteiger partial charge in [-0.2, -0.15) is 0 Å². The van der Waals surface area contributed by atoms with Crippen LogP contribution in [0.25, 0.3) is 0 Å². The summed E-state index contributed by atoms with van der Waals surface area (Å²) in [6.45, 7) is 1.63. The van der Waals surface area contributed by atoms with Crippen molar-refractivity contribution in [1.29, 1.82) is 0 Å². The first kappa shape index (κ1) is 14.7. The van der Waals surface area contributed by atoms with E-state index in [2.05, 4.69) is 31.9 Å². The summed E-state index contributed by atoms with van der Waals surface area (Å²) in [5.41, 5.74) is 0.977. The monoisotopic (exact) mass is 372 g/mol. The fourth-order valence-corrected chi connectivity index (χ4v) is 2.18. The van der Waals surface area contributed by atoms with Gasteiger partial charge < -0.3 is 9.47 Å². The lowest BCUT2D eigenvalue weighted by Gasteiger charge is -2.14. The van der Waals surface area contributed by atoms with Crippen molar-refractivity contribution in [3.05, 3.63) is 22.2 Å². The van der Waals surface area contributed by atoms with Crippen LogP contribution in [-0.4, -0.2) is 19.6 Å². The molecule has 0 radical (unpaired) electrons. The summed E-state index contributed by atoms with van der Waals surface area (Å²) < 4.78 is 35.3. The molecule has 96 valence electrons. The van der Waals surface area contributed by atoms with Crippen molar-refractivity contribution < 1.29 is 18.3 Å². The van der Waals surface area contributed by atoms with Crippen molar-refractivity contribution in [2.45, 2.75) is 18.7 Å². The molecule has 0 unspecified atom stereocenters. The molecule has 0 saturated heterocycles. The number of hydrogen-bond acceptors (Lipinski definition) is 2. The molecule has 0 aromatic heterocycles. The highest BCUT2D eigenvalue weighted by molar-refractivity contribution is 9.10. The minimum atomic E-state index is -2.51. The first-order valence-corrected chi connectivity index (χ1v) is 6.92. The Bertz CT molecular complexity index is 373. The van der Waals surface area contributed by atoms with Gasteiger partial charge in [-0.25, -0.2) is 8.78 Å². The summed E-state index contributed by atoms with van der Waals surface area (Å²) in [6, 6.07) is 3.57. The normalized spacial score (nSPS) is 10.7. The van der Waals surface area contributed by atoms with Crippen LogP contribution < -0.4 is 9.47 Å². The van der Waals surface area contributed by atoms with E-state index < -0.39 is 13.0 Å². The first-order valence-electron chi connectivity index (χ1n) is 5.00. The van der Waals surface area contributed by atoms with Crippen LogP contribution in [0, 0.1) is 0 Å². The Labute approximate surface area is 116 Å². The van der Waals surface area contributed by atoms with Crippen LogP contribution in [0.15, 0.2) is 16.6 Å². The third-order valence-electron chi connectivity index (χ3n) is 1.88. The zero-order chi connectivity index (χ0) is 12.8. The van der Waals surface area contributed by atoms with E-state index in [4.69, 9.17) is 9.47 Å². The highest BCUT2D eigenvalue weighted by Crippen LogP contribution is 2.37. The molecular weight excluding hydrogens is 362 g/mol. The van der Waals surface area contributed by atoms with Crippen molar-refractivity contribution in [1.82, 2.24) is 0 Å². The van der Waals surface area contributed by atoms with E-state index in [1.807, 2.05) is 6.92 Å². The van der Waals surface area contributed by atoms with E-state index >= 15 is 0 Å². The van der Waals surface area contributed by atoms with Crippen molar-refractivity contribution in [3.8, 4) is 11.5 Å². The summed E-state index contributed by atoms with van der Waals surface area (Å²) in [4.78, 5) is 0. The lowest BCUT2D eigenvalue weighted by atomic mass is 10.2. The summed E-state index contributed by atoms with van der Waals surface area (Å²) >= 11 is 6.61. The van der Waals surface area contributed by atoms with E-state index in [9.17, 15) is 8.78 Å². The van der Waals surface area contributed by atoms with Gasteiger partial charge in [0.2, 0.25) is 0 Å². The molecule has 0 aliphatic carbocycles.